The molecule has 1 aliphatic heterocycles. The standard InChI is InChI=1S/C15H24N2O2/c18-14-11-16(12-7-3-1-4-8-12)15(19)17(14)13-9-5-2-6-10-13/h12-13H,1-11H2. The first-order valence-electron chi connectivity index (χ1n) is 7.90. The van der Waals surface area contributed by atoms with E-state index < -0.39 is 0 Å². The van der Waals surface area contributed by atoms with Crippen LogP contribution in [0.4, 0.5) is 4.79 Å². The number of urea groups is 1. The average molecular weight is 264 g/mol. The predicted molar refractivity (Wildman–Crippen MR) is 72.7 cm³/mol. The summed E-state index contributed by atoms with van der Waals surface area (Å²) in [7, 11) is 0. The molecule has 0 aromatic carbocycles. The van der Waals surface area contributed by atoms with E-state index in [1.807, 2.05) is 4.90 Å². The van der Waals surface area contributed by atoms with Crippen LogP contribution in [0.15, 0.2) is 0 Å². The molecule has 0 spiro atoms. The lowest BCUT2D eigenvalue weighted by Gasteiger charge is -2.32. The summed E-state index contributed by atoms with van der Waals surface area (Å²) in [5.74, 6) is 0.0440. The van der Waals surface area contributed by atoms with Gasteiger partial charge in [0.05, 0.1) is 0 Å². The predicted octanol–water partition coefficient (Wildman–Crippen LogP) is 2.92. The second-order valence-corrected chi connectivity index (χ2v) is 6.26. The molecule has 0 unspecified atom stereocenters. The molecule has 2 aliphatic carbocycles. The zero-order valence-corrected chi connectivity index (χ0v) is 11.6. The first-order valence-corrected chi connectivity index (χ1v) is 7.90. The van der Waals surface area contributed by atoms with Crippen LogP contribution >= 0.6 is 0 Å². The molecule has 106 valence electrons. The number of rotatable bonds is 2. The maximum absolute atomic E-state index is 12.5. The molecule has 1 saturated heterocycles. The van der Waals surface area contributed by atoms with E-state index in [1.165, 1.54) is 25.7 Å². The lowest BCUT2D eigenvalue weighted by atomic mass is 9.94. The molecule has 0 radical (unpaired) electrons. The first-order chi connectivity index (χ1) is 9.27. The molecule has 3 amide bonds. The number of nitrogens with zero attached hydrogens (tertiary/aromatic N) is 2. The molecule has 0 aromatic rings. The van der Waals surface area contributed by atoms with E-state index in [2.05, 4.69) is 0 Å². The highest BCUT2D eigenvalue weighted by Gasteiger charge is 2.43. The van der Waals surface area contributed by atoms with Gasteiger partial charge in [-0.3, -0.25) is 9.69 Å². The van der Waals surface area contributed by atoms with Gasteiger partial charge in [-0.05, 0) is 25.7 Å². The van der Waals surface area contributed by atoms with Crippen molar-refractivity contribution < 1.29 is 9.59 Å². The summed E-state index contributed by atoms with van der Waals surface area (Å²) in [5, 5.41) is 0. The van der Waals surface area contributed by atoms with E-state index in [-0.39, 0.29) is 18.0 Å². The van der Waals surface area contributed by atoms with Gasteiger partial charge in [-0.25, -0.2) is 4.79 Å². The van der Waals surface area contributed by atoms with Gasteiger partial charge >= 0.3 is 6.03 Å². The summed E-state index contributed by atoms with van der Waals surface area (Å²) in [4.78, 5) is 28.2. The van der Waals surface area contributed by atoms with Crippen molar-refractivity contribution in [3.63, 3.8) is 0 Å². The molecule has 2 saturated carbocycles. The monoisotopic (exact) mass is 264 g/mol. The molecule has 4 nitrogen and oxygen atoms in total. The summed E-state index contributed by atoms with van der Waals surface area (Å²) in [5.41, 5.74) is 0. The molecule has 3 fully saturated rings. The van der Waals surface area contributed by atoms with Crippen molar-refractivity contribution in [1.82, 2.24) is 9.80 Å². The van der Waals surface area contributed by atoms with Crippen molar-refractivity contribution >= 4 is 11.9 Å². The molecule has 4 heteroatoms. The zero-order valence-electron chi connectivity index (χ0n) is 11.6. The van der Waals surface area contributed by atoms with Gasteiger partial charge in [0.2, 0.25) is 0 Å². The minimum Gasteiger partial charge on any atom is -0.312 e. The minimum absolute atomic E-state index is 0.00352. The molecule has 0 atom stereocenters. The maximum atomic E-state index is 12.5. The van der Waals surface area contributed by atoms with Crippen LogP contribution < -0.4 is 0 Å². The van der Waals surface area contributed by atoms with Crippen molar-refractivity contribution in [2.75, 3.05) is 6.54 Å². The topological polar surface area (TPSA) is 40.6 Å². The fourth-order valence-electron chi connectivity index (χ4n) is 3.91. The van der Waals surface area contributed by atoms with Crippen molar-refractivity contribution in [2.24, 2.45) is 0 Å². The highest BCUT2D eigenvalue weighted by Crippen LogP contribution is 2.30. The van der Waals surface area contributed by atoms with Crippen molar-refractivity contribution in [3.8, 4) is 0 Å². The van der Waals surface area contributed by atoms with E-state index in [4.69, 9.17) is 0 Å². The summed E-state index contributed by atoms with van der Waals surface area (Å²) < 4.78 is 0. The molecule has 0 aromatic heterocycles. The Hall–Kier alpha value is -1.06. The fourth-order valence-corrected chi connectivity index (χ4v) is 3.91. The van der Waals surface area contributed by atoms with Crippen LogP contribution in [-0.2, 0) is 4.79 Å². The molecule has 0 N–H and O–H groups in total. The Kier molecular flexibility index (Phi) is 3.76. The number of carbonyl (C=O) groups excluding carboxylic acids is 2. The number of carbonyl (C=O) groups is 2. The Labute approximate surface area is 115 Å². The van der Waals surface area contributed by atoms with E-state index in [9.17, 15) is 9.59 Å². The van der Waals surface area contributed by atoms with Gasteiger partial charge in [0.15, 0.2) is 0 Å². The van der Waals surface area contributed by atoms with Gasteiger partial charge in [0.25, 0.3) is 5.91 Å². The maximum Gasteiger partial charge on any atom is 0.327 e. The molecule has 3 aliphatic rings. The van der Waals surface area contributed by atoms with Crippen LogP contribution in [0.2, 0.25) is 0 Å². The van der Waals surface area contributed by atoms with E-state index >= 15 is 0 Å². The normalized spacial score (nSPS) is 27.4. The smallest absolute Gasteiger partial charge is 0.312 e. The molecule has 3 rings (SSSR count). The summed E-state index contributed by atoms with van der Waals surface area (Å²) in [6, 6.07) is 0.505. The van der Waals surface area contributed by atoms with Gasteiger partial charge in [-0.2, -0.15) is 0 Å². The van der Waals surface area contributed by atoms with Crippen molar-refractivity contribution in [1.29, 1.82) is 0 Å². The van der Waals surface area contributed by atoms with Gasteiger partial charge in [-0.1, -0.05) is 38.5 Å². The van der Waals surface area contributed by atoms with E-state index in [0.717, 1.165) is 38.5 Å². The Bertz CT molecular complexity index is 357. The number of hydrogen-bond acceptors (Lipinski definition) is 2. The quantitative estimate of drug-likeness (QED) is 0.719. The number of amides is 3. The van der Waals surface area contributed by atoms with E-state index in [1.54, 1.807) is 4.90 Å². The molecule has 19 heavy (non-hydrogen) atoms. The Balaban J connectivity index is 1.69. The highest BCUT2D eigenvalue weighted by atomic mass is 16.2. The van der Waals surface area contributed by atoms with Crippen LogP contribution in [0.1, 0.15) is 64.2 Å². The molecular formula is C15H24N2O2. The zero-order chi connectivity index (χ0) is 13.2. The molecule has 0 bridgehead atoms. The average Bonchev–Trinajstić information content (AvgIpc) is 2.76. The van der Waals surface area contributed by atoms with Crippen LogP contribution in [0.5, 0.6) is 0 Å². The SMILES string of the molecule is O=C1CN(C2CCCCC2)C(=O)N1C1CCCCC1. The van der Waals surface area contributed by atoms with Crippen LogP contribution in [0.25, 0.3) is 0 Å². The third-order valence-corrected chi connectivity index (χ3v) is 4.98. The molecule has 1 heterocycles. The summed E-state index contributed by atoms with van der Waals surface area (Å²) in [6.45, 7) is 0.333. The van der Waals surface area contributed by atoms with Crippen LogP contribution in [-0.4, -0.2) is 40.4 Å². The Morgan fingerprint density at radius 1 is 0.737 bits per heavy atom. The lowest BCUT2D eigenvalue weighted by molar-refractivity contribution is -0.127. The second-order valence-electron chi connectivity index (χ2n) is 6.26. The summed E-state index contributed by atoms with van der Waals surface area (Å²) >= 11 is 0. The van der Waals surface area contributed by atoms with Crippen LogP contribution in [0, 0.1) is 0 Å². The number of hydrogen-bond donors (Lipinski definition) is 0. The number of imide groups is 1. The lowest BCUT2D eigenvalue weighted by Crippen LogP contribution is -2.44. The van der Waals surface area contributed by atoms with Gasteiger partial charge in [0, 0.05) is 12.1 Å². The van der Waals surface area contributed by atoms with Gasteiger partial charge in [0.1, 0.15) is 6.54 Å². The highest BCUT2D eigenvalue weighted by molar-refractivity contribution is 6.02. The van der Waals surface area contributed by atoms with E-state index in [0.29, 0.717) is 12.6 Å². The fraction of sp³-hybridized carbons (Fsp3) is 0.867. The first kappa shape index (κ1) is 12.9. The third-order valence-electron chi connectivity index (χ3n) is 4.98. The third kappa shape index (κ3) is 2.49. The summed E-state index contributed by atoms with van der Waals surface area (Å²) in [6.07, 6.45) is 11.4. The molecular weight excluding hydrogens is 240 g/mol. The van der Waals surface area contributed by atoms with Crippen molar-refractivity contribution in [2.45, 2.75) is 76.3 Å². The minimum atomic E-state index is 0.00352. The largest absolute Gasteiger partial charge is 0.327 e. The van der Waals surface area contributed by atoms with Crippen LogP contribution in [0.3, 0.4) is 0 Å². The van der Waals surface area contributed by atoms with Gasteiger partial charge < -0.3 is 4.90 Å². The second kappa shape index (κ2) is 5.51. The van der Waals surface area contributed by atoms with Crippen molar-refractivity contribution in [3.05, 3.63) is 0 Å². The Morgan fingerprint density at radius 3 is 1.84 bits per heavy atom. The van der Waals surface area contributed by atoms with Gasteiger partial charge in [-0.15, -0.1) is 0 Å². The Morgan fingerprint density at radius 2 is 1.26 bits per heavy atom.